The van der Waals surface area contributed by atoms with Crippen molar-refractivity contribution in [3.63, 3.8) is 0 Å². The summed E-state index contributed by atoms with van der Waals surface area (Å²) in [6, 6.07) is 0. The fourth-order valence-electron chi connectivity index (χ4n) is 0.888. The zero-order valence-electron chi connectivity index (χ0n) is 4.81. The molecule has 0 aliphatic heterocycles. The number of hydrogen-bond acceptors (Lipinski definition) is 1. The summed E-state index contributed by atoms with van der Waals surface area (Å²) >= 11 is 5.00. The summed E-state index contributed by atoms with van der Waals surface area (Å²) in [5, 5.41) is 0.630. The zero-order valence-corrected chi connectivity index (χ0v) is 5.63. The molecule has 36 valence electrons. The Balaban J connectivity index is 0.000000360. The smallest absolute Gasteiger partial charge is 0.789 e. The molecule has 0 unspecified atom stereocenters. The van der Waals surface area contributed by atoms with Crippen LogP contribution in [-0.4, -0.2) is 5.25 Å². The molecule has 0 aromatic heterocycles. The Morgan fingerprint density at radius 3 is 1.71 bits per heavy atom. The van der Waals surface area contributed by atoms with Crippen LogP contribution in [0, 0.1) is 0 Å². The summed E-state index contributed by atoms with van der Waals surface area (Å²) in [7, 11) is 0. The van der Waals surface area contributed by atoms with Gasteiger partial charge in [0.1, 0.15) is 0 Å². The van der Waals surface area contributed by atoms with Crippen molar-refractivity contribution in [2.75, 3.05) is 0 Å². The van der Waals surface area contributed by atoms with Crippen molar-refractivity contribution in [1.29, 1.82) is 0 Å². The Bertz CT molecular complexity index is 41.3. The summed E-state index contributed by atoms with van der Waals surface area (Å²) < 4.78 is 0. The molecule has 0 aromatic rings. The molecule has 0 radical (unpaired) electrons. The quantitative estimate of drug-likeness (QED) is 0.268. The molecule has 0 N–H and O–H groups in total. The van der Waals surface area contributed by atoms with E-state index in [0.29, 0.717) is 5.25 Å². The van der Waals surface area contributed by atoms with Gasteiger partial charge in [0, 0.05) is 0 Å². The van der Waals surface area contributed by atoms with Crippen molar-refractivity contribution in [2.45, 2.75) is 30.9 Å². The minimum Gasteiger partial charge on any atom is -0.789 e. The van der Waals surface area contributed by atoms with Gasteiger partial charge in [-0.3, -0.25) is 0 Å². The molecule has 0 saturated heterocycles. The van der Waals surface area contributed by atoms with Gasteiger partial charge in [-0.25, -0.2) is 0 Å². The van der Waals surface area contributed by atoms with Crippen LogP contribution in [0.15, 0.2) is 0 Å². The molecule has 1 aliphatic carbocycles. The molecule has 1 rings (SSSR count). The largest absolute Gasteiger partial charge is 1.00 e. The van der Waals surface area contributed by atoms with Crippen molar-refractivity contribution in [1.82, 2.24) is 0 Å². The van der Waals surface area contributed by atoms with E-state index < -0.39 is 0 Å². The summed E-state index contributed by atoms with van der Waals surface area (Å²) in [4.78, 5) is 0. The third-order valence-electron chi connectivity index (χ3n) is 1.30. The molecule has 1 fully saturated rings. The van der Waals surface area contributed by atoms with Crippen LogP contribution in [0.1, 0.15) is 25.7 Å². The van der Waals surface area contributed by atoms with Gasteiger partial charge in [0.15, 0.2) is 0 Å². The third-order valence-corrected chi connectivity index (χ3v) is 1.77. The fraction of sp³-hybridized carbons (Fsp3) is 1.00. The number of rotatable bonds is 0. The van der Waals surface area contributed by atoms with Gasteiger partial charge in [0.25, 0.3) is 0 Å². The zero-order chi connectivity index (χ0) is 4.41. The van der Waals surface area contributed by atoms with Crippen molar-refractivity contribution >= 4 is 12.6 Å². The molecule has 2 heteroatoms. The minimum absolute atomic E-state index is 0. The summed E-state index contributed by atoms with van der Waals surface area (Å²) in [5.74, 6) is 0. The molecular formula is C5H9LiS. The Labute approximate surface area is 62.6 Å². The van der Waals surface area contributed by atoms with E-state index in [9.17, 15) is 0 Å². The summed E-state index contributed by atoms with van der Waals surface area (Å²) in [6.45, 7) is 0. The second-order valence-corrected chi connectivity index (χ2v) is 2.57. The van der Waals surface area contributed by atoms with E-state index in [-0.39, 0.29) is 18.9 Å². The van der Waals surface area contributed by atoms with E-state index in [1.54, 1.807) is 0 Å². The number of hydrogen-bond donors (Lipinski definition) is 0. The molecular weight excluding hydrogens is 99.1 g/mol. The van der Waals surface area contributed by atoms with Gasteiger partial charge in [0.2, 0.25) is 0 Å². The molecule has 0 spiro atoms. The van der Waals surface area contributed by atoms with Gasteiger partial charge in [0.05, 0.1) is 0 Å². The normalized spacial score (nSPS) is 21.9. The van der Waals surface area contributed by atoms with E-state index >= 15 is 0 Å². The average Bonchev–Trinajstić information content (AvgIpc) is 1.86. The van der Waals surface area contributed by atoms with Crippen LogP contribution < -0.4 is 18.9 Å². The van der Waals surface area contributed by atoms with E-state index in [1.807, 2.05) is 0 Å². The topological polar surface area (TPSA) is 0 Å². The van der Waals surface area contributed by atoms with Crippen LogP contribution in [0.5, 0.6) is 0 Å². The van der Waals surface area contributed by atoms with Crippen molar-refractivity contribution in [3.05, 3.63) is 0 Å². The molecule has 0 heterocycles. The van der Waals surface area contributed by atoms with E-state index in [1.165, 1.54) is 25.7 Å². The van der Waals surface area contributed by atoms with Crippen LogP contribution in [-0.2, 0) is 12.6 Å². The Kier molecular flexibility index (Phi) is 4.42. The van der Waals surface area contributed by atoms with Crippen molar-refractivity contribution < 1.29 is 18.9 Å². The van der Waals surface area contributed by atoms with Gasteiger partial charge in [-0.05, 0) is 0 Å². The van der Waals surface area contributed by atoms with Crippen LogP contribution >= 0.6 is 0 Å². The fourth-order valence-corrected chi connectivity index (χ4v) is 1.22. The maximum absolute atomic E-state index is 5.00. The molecule has 0 bridgehead atoms. The van der Waals surface area contributed by atoms with Crippen LogP contribution in [0.3, 0.4) is 0 Å². The van der Waals surface area contributed by atoms with Crippen molar-refractivity contribution in [3.8, 4) is 0 Å². The van der Waals surface area contributed by atoms with Crippen LogP contribution in [0.2, 0.25) is 0 Å². The first kappa shape index (κ1) is 7.95. The molecule has 0 amide bonds. The third kappa shape index (κ3) is 2.69. The Hall–Kier alpha value is 0.947. The molecule has 0 nitrogen and oxygen atoms in total. The summed E-state index contributed by atoms with van der Waals surface area (Å²) in [5.41, 5.74) is 0. The first-order chi connectivity index (χ1) is 2.89. The maximum atomic E-state index is 5.00. The first-order valence-electron chi connectivity index (χ1n) is 2.55. The Morgan fingerprint density at radius 2 is 1.57 bits per heavy atom. The standard InChI is InChI=1S/C5H10S.Li/c6-5-3-1-2-4-5;/h5-6H,1-4H2;/q;+1/p-1. The van der Waals surface area contributed by atoms with Gasteiger partial charge >= 0.3 is 18.9 Å². The predicted molar refractivity (Wildman–Crippen MR) is 29.6 cm³/mol. The van der Waals surface area contributed by atoms with Crippen LogP contribution in [0.25, 0.3) is 0 Å². The molecule has 0 aromatic carbocycles. The monoisotopic (exact) mass is 108 g/mol. The maximum Gasteiger partial charge on any atom is 1.00 e. The van der Waals surface area contributed by atoms with Gasteiger partial charge in [-0.2, -0.15) is 5.25 Å². The molecule has 7 heavy (non-hydrogen) atoms. The second-order valence-electron chi connectivity index (χ2n) is 1.91. The summed E-state index contributed by atoms with van der Waals surface area (Å²) in [6.07, 6.45) is 5.37. The average molecular weight is 108 g/mol. The van der Waals surface area contributed by atoms with Crippen LogP contribution in [0.4, 0.5) is 0 Å². The van der Waals surface area contributed by atoms with Gasteiger partial charge in [-0.1, -0.05) is 25.7 Å². The SMILES string of the molecule is [Li+].[S-]C1CCCC1. The van der Waals surface area contributed by atoms with E-state index in [0.717, 1.165) is 0 Å². The Morgan fingerprint density at radius 1 is 1.14 bits per heavy atom. The second kappa shape index (κ2) is 3.89. The molecule has 1 aliphatic rings. The molecule has 0 atom stereocenters. The van der Waals surface area contributed by atoms with Gasteiger partial charge < -0.3 is 12.6 Å². The predicted octanol–water partition coefficient (Wildman–Crippen LogP) is -1.52. The molecule has 1 saturated carbocycles. The first-order valence-corrected chi connectivity index (χ1v) is 3.02. The minimum atomic E-state index is 0. The van der Waals surface area contributed by atoms with E-state index in [4.69, 9.17) is 12.6 Å². The van der Waals surface area contributed by atoms with E-state index in [2.05, 4.69) is 0 Å². The van der Waals surface area contributed by atoms with Gasteiger partial charge in [-0.15, -0.1) is 0 Å². The van der Waals surface area contributed by atoms with Crippen molar-refractivity contribution in [2.24, 2.45) is 0 Å².